The van der Waals surface area contributed by atoms with Crippen LogP contribution in [0.3, 0.4) is 0 Å². The van der Waals surface area contributed by atoms with E-state index in [0.717, 1.165) is 0 Å². The molecule has 0 bridgehead atoms. The lowest BCUT2D eigenvalue weighted by Crippen LogP contribution is -2.13. The molecule has 110 valence electrons. The van der Waals surface area contributed by atoms with E-state index in [4.69, 9.17) is 11.6 Å². The topological polar surface area (TPSA) is 63.2 Å². The zero-order chi connectivity index (χ0) is 15.6. The average molecular weight is 389 g/mol. The molecule has 0 saturated carbocycles. The van der Waals surface area contributed by atoms with E-state index in [0.29, 0.717) is 10.0 Å². The maximum atomic E-state index is 12.3. The number of benzene rings is 2. The number of nitrogens with one attached hydrogen (secondary N) is 1. The molecule has 0 heterocycles. The van der Waals surface area contributed by atoms with E-state index in [-0.39, 0.29) is 21.4 Å². The van der Waals surface area contributed by atoms with E-state index < -0.39 is 10.0 Å². The molecule has 0 amide bonds. The summed E-state index contributed by atoms with van der Waals surface area (Å²) >= 11 is 9.22. The van der Waals surface area contributed by atoms with Crippen LogP contribution in [0.2, 0.25) is 5.02 Å². The Labute approximate surface area is 136 Å². The Kier molecular flexibility index (Phi) is 4.70. The number of halogens is 2. The fourth-order valence-corrected chi connectivity index (χ4v) is 3.36. The first-order chi connectivity index (χ1) is 9.79. The third kappa shape index (κ3) is 3.84. The van der Waals surface area contributed by atoms with Crippen LogP contribution in [-0.4, -0.2) is 14.2 Å². The number of carbonyl (C=O) groups excluding carboxylic acids is 1. The number of rotatable bonds is 4. The molecule has 7 heteroatoms. The second-order valence-electron chi connectivity index (χ2n) is 4.31. The summed E-state index contributed by atoms with van der Waals surface area (Å²) in [6.07, 6.45) is 0. The lowest BCUT2D eigenvalue weighted by atomic mass is 10.2. The quantitative estimate of drug-likeness (QED) is 0.802. The van der Waals surface area contributed by atoms with Crippen LogP contribution in [0.1, 0.15) is 17.3 Å². The predicted octanol–water partition coefficient (Wildman–Crippen LogP) is 4.11. The Morgan fingerprint density at radius 2 is 1.90 bits per heavy atom. The zero-order valence-corrected chi connectivity index (χ0v) is 14.1. The number of hydrogen-bond acceptors (Lipinski definition) is 3. The smallest absolute Gasteiger partial charge is 0.261 e. The molecule has 0 saturated heterocycles. The molecular formula is C14H11BrClNO3S. The summed E-state index contributed by atoms with van der Waals surface area (Å²) in [6, 6.07) is 10.7. The minimum Gasteiger partial charge on any atom is -0.295 e. The molecule has 0 fully saturated rings. The highest BCUT2D eigenvalue weighted by atomic mass is 79.9. The van der Waals surface area contributed by atoms with Crippen LogP contribution in [0.4, 0.5) is 5.69 Å². The molecule has 0 radical (unpaired) electrons. The van der Waals surface area contributed by atoms with E-state index in [1.165, 1.54) is 25.1 Å². The van der Waals surface area contributed by atoms with E-state index in [1.54, 1.807) is 24.3 Å². The predicted molar refractivity (Wildman–Crippen MR) is 86.4 cm³/mol. The first-order valence-corrected chi connectivity index (χ1v) is 8.54. The van der Waals surface area contributed by atoms with Crippen molar-refractivity contribution in [2.45, 2.75) is 11.8 Å². The minimum absolute atomic E-state index is 0.00578. The van der Waals surface area contributed by atoms with Crippen LogP contribution in [0.15, 0.2) is 51.8 Å². The summed E-state index contributed by atoms with van der Waals surface area (Å²) < 4.78 is 27.8. The van der Waals surface area contributed by atoms with Crippen molar-refractivity contribution in [2.75, 3.05) is 4.72 Å². The van der Waals surface area contributed by atoms with Crippen LogP contribution >= 0.6 is 27.5 Å². The molecule has 0 spiro atoms. The molecule has 21 heavy (non-hydrogen) atoms. The monoisotopic (exact) mass is 387 g/mol. The first kappa shape index (κ1) is 16.0. The number of sulfonamides is 1. The van der Waals surface area contributed by atoms with Crippen molar-refractivity contribution in [3.05, 3.63) is 57.5 Å². The fraction of sp³-hybridized carbons (Fsp3) is 0.0714. The molecule has 2 aromatic rings. The van der Waals surface area contributed by atoms with Gasteiger partial charge in [0.1, 0.15) is 0 Å². The lowest BCUT2D eigenvalue weighted by Gasteiger charge is -2.10. The SMILES string of the molecule is CC(=O)c1cccc(S(=O)(=O)Nc2cc(Br)ccc2Cl)c1. The largest absolute Gasteiger partial charge is 0.295 e. The van der Waals surface area contributed by atoms with Gasteiger partial charge in [0.25, 0.3) is 10.0 Å². The highest BCUT2D eigenvalue weighted by Crippen LogP contribution is 2.28. The van der Waals surface area contributed by atoms with Crippen molar-refractivity contribution >= 4 is 49.0 Å². The number of Topliss-reactive ketones (excluding diaryl/α,β-unsaturated/α-hetero) is 1. The lowest BCUT2D eigenvalue weighted by molar-refractivity contribution is 0.101. The number of ketones is 1. The summed E-state index contributed by atoms with van der Waals surface area (Å²) in [5.41, 5.74) is 0.595. The number of hydrogen-bond donors (Lipinski definition) is 1. The molecule has 0 aliphatic carbocycles. The standard InChI is InChI=1S/C14H11BrClNO3S/c1-9(18)10-3-2-4-12(7-10)21(19,20)17-14-8-11(15)5-6-13(14)16/h2-8,17H,1H3. The van der Waals surface area contributed by atoms with Crippen molar-refractivity contribution in [3.63, 3.8) is 0 Å². The van der Waals surface area contributed by atoms with Gasteiger partial charge in [-0.25, -0.2) is 8.42 Å². The van der Waals surface area contributed by atoms with Crippen LogP contribution in [0.5, 0.6) is 0 Å². The van der Waals surface area contributed by atoms with Crippen molar-refractivity contribution in [1.82, 2.24) is 0 Å². The molecule has 0 aromatic heterocycles. The van der Waals surface area contributed by atoms with Crippen LogP contribution in [0, 0.1) is 0 Å². The van der Waals surface area contributed by atoms with Crippen LogP contribution in [0.25, 0.3) is 0 Å². The van der Waals surface area contributed by atoms with Gasteiger partial charge in [-0.15, -0.1) is 0 Å². The average Bonchev–Trinajstić information content (AvgIpc) is 2.43. The van der Waals surface area contributed by atoms with E-state index in [1.807, 2.05) is 0 Å². The molecule has 0 unspecified atom stereocenters. The van der Waals surface area contributed by atoms with Crippen LogP contribution < -0.4 is 4.72 Å². The van der Waals surface area contributed by atoms with E-state index in [9.17, 15) is 13.2 Å². The van der Waals surface area contributed by atoms with Gasteiger partial charge in [-0.2, -0.15) is 0 Å². The molecule has 1 N–H and O–H groups in total. The van der Waals surface area contributed by atoms with Crippen molar-refractivity contribution < 1.29 is 13.2 Å². The molecule has 0 atom stereocenters. The van der Waals surface area contributed by atoms with Gasteiger partial charge >= 0.3 is 0 Å². The van der Waals surface area contributed by atoms with Gasteiger partial charge in [-0.1, -0.05) is 39.7 Å². The van der Waals surface area contributed by atoms with Gasteiger partial charge in [-0.05, 0) is 37.3 Å². The van der Waals surface area contributed by atoms with Gasteiger partial charge < -0.3 is 0 Å². The number of anilines is 1. The highest BCUT2D eigenvalue weighted by Gasteiger charge is 2.17. The molecular weight excluding hydrogens is 378 g/mol. The van der Waals surface area contributed by atoms with E-state index >= 15 is 0 Å². The molecule has 0 aliphatic heterocycles. The Bertz CT molecular complexity index is 806. The Balaban J connectivity index is 2.41. The third-order valence-corrected chi connectivity index (χ3v) is 4.91. The summed E-state index contributed by atoms with van der Waals surface area (Å²) in [6.45, 7) is 1.38. The summed E-state index contributed by atoms with van der Waals surface area (Å²) in [7, 11) is -3.82. The van der Waals surface area contributed by atoms with Gasteiger partial charge in [0.2, 0.25) is 0 Å². The normalized spacial score (nSPS) is 11.2. The summed E-state index contributed by atoms with van der Waals surface area (Å²) in [5, 5.41) is 0.282. The molecule has 2 aromatic carbocycles. The van der Waals surface area contributed by atoms with E-state index in [2.05, 4.69) is 20.7 Å². The third-order valence-electron chi connectivity index (χ3n) is 2.72. The highest BCUT2D eigenvalue weighted by molar-refractivity contribution is 9.10. The molecule has 0 aliphatic rings. The second-order valence-corrected chi connectivity index (χ2v) is 7.32. The maximum absolute atomic E-state index is 12.3. The minimum atomic E-state index is -3.82. The Morgan fingerprint density at radius 1 is 1.19 bits per heavy atom. The molecule has 2 rings (SSSR count). The fourth-order valence-electron chi connectivity index (χ4n) is 1.66. The van der Waals surface area contributed by atoms with Crippen molar-refractivity contribution in [2.24, 2.45) is 0 Å². The summed E-state index contributed by atoms with van der Waals surface area (Å²) in [5.74, 6) is -0.201. The van der Waals surface area contributed by atoms with Crippen molar-refractivity contribution in [1.29, 1.82) is 0 Å². The van der Waals surface area contributed by atoms with Crippen molar-refractivity contribution in [3.8, 4) is 0 Å². The maximum Gasteiger partial charge on any atom is 0.261 e. The second kappa shape index (κ2) is 6.17. The van der Waals surface area contributed by atoms with Gasteiger partial charge in [-0.3, -0.25) is 9.52 Å². The van der Waals surface area contributed by atoms with Gasteiger partial charge in [0.15, 0.2) is 5.78 Å². The first-order valence-electron chi connectivity index (χ1n) is 5.88. The summed E-state index contributed by atoms with van der Waals surface area (Å²) in [4.78, 5) is 11.3. The number of carbonyl (C=O) groups is 1. The van der Waals surface area contributed by atoms with Gasteiger partial charge in [0, 0.05) is 10.0 Å². The van der Waals surface area contributed by atoms with Gasteiger partial charge in [0.05, 0.1) is 15.6 Å². The Hall–Kier alpha value is -1.37. The zero-order valence-electron chi connectivity index (χ0n) is 10.9. The molecule has 4 nitrogen and oxygen atoms in total. The van der Waals surface area contributed by atoms with Crippen LogP contribution in [-0.2, 0) is 10.0 Å². The Morgan fingerprint density at radius 3 is 2.57 bits per heavy atom.